The molecule has 0 fully saturated rings. The molecule has 0 bridgehead atoms. The molecule has 1 aromatic rings. The molecule has 7 heteroatoms. The predicted molar refractivity (Wildman–Crippen MR) is 72.4 cm³/mol. The van der Waals surface area contributed by atoms with Crippen LogP contribution in [0.5, 0.6) is 5.75 Å². The van der Waals surface area contributed by atoms with Crippen molar-refractivity contribution >= 4 is 5.97 Å². The van der Waals surface area contributed by atoms with Gasteiger partial charge in [0.25, 0.3) is 0 Å². The number of aromatic carboxylic acids is 1. The Hall–Kier alpha value is -1.70. The second-order valence-corrected chi connectivity index (χ2v) is 4.05. The number of carbonyl (C=O) groups is 1. The van der Waals surface area contributed by atoms with Gasteiger partial charge in [-0.3, -0.25) is 0 Å². The van der Waals surface area contributed by atoms with Gasteiger partial charge in [0, 0.05) is 13.2 Å². The fourth-order valence-electron chi connectivity index (χ4n) is 1.45. The highest BCUT2D eigenvalue weighted by Gasteiger charge is 2.07. The van der Waals surface area contributed by atoms with Gasteiger partial charge in [0.15, 0.2) is 0 Å². The van der Waals surface area contributed by atoms with E-state index in [1.54, 1.807) is 7.11 Å². The van der Waals surface area contributed by atoms with Crippen molar-refractivity contribution in [3.05, 3.63) is 29.6 Å². The summed E-state index contributed by atoms with van der Waals surface area (Å²) >= 11 is 0. The Kier molecular flexibility index (Phi) is 8.34. The van der Waals surface area contributed by atoms with Crippen molar-refractivity contribution in [3.63, 3.8) is 0 Å². The van der Waals surface area contributed by atoms with Gasteiger partial charge in [0.1, 0.15) is 18.2 Å². The number of halogens is 1. The summed E-state index contributed by atoms with van der Waals surface area (Å²) in [5.41, 5.74) is -0.155. The SMILES string of the molecule is COCCOCCOCCOc1cc(F)cc(C(=O)O)c1. The van der Waals surface area contributed by atoms with E-state index < -0.39 is 11.8 Å². The number of rotatable bonds is 11. The summed E-state index contributed by atoms with van der Waals surface area (Å²) < 4.78 is 33.6. The van der Waals surface area contributed by atoms with Crippen molar-refractivity contribution in [2.75, 3.05) is 46.8 Å². The van der Waals surface area contributed by atoms with Gasteiger partial charge >= 0.3 is 5.97 Å². The van der Waals surface area contributed by atoms with Crippen LogP contribution in [-0.4, -0.2) is 57.8 Å². The third-order valence-electron chi connectivity index (χ3n) is 2.42. The van der Waals surface area contributed by atoms with E-state index >= 15 is 0 Å². The molecule has 0 aliphatic rings. The number of benzene rings is 1. The molecule has 118 valence electrons. The predicted octanol–water partition coefficient (Wildman–Crippen LogP) is 1.58. The van der Waals surface area contributed by atoms with E-state index in [9.17, 15) is 9.18 Å². The van der Waals surface area contributed by atoms with Gasteiger partial charge in [-0.2, -0.15) is 0 Å². The topological polar surface area (TPSA) is 74.2 Å². The fourth-order valence-corrected chi connectivity index (χ4v) is 1.45. The molecule has 0 aromatic heterocycles. The Morgan fingerprint density at radius 3 is 2.29 bits per heavy atom. The zero-order valence-electron chi connectivity index (χ0n) is 11.8. The molecular weight excluding hydrogens is 283 g/mol. The molecule has 0 saturated carbocycles. The second kappa shape index (κ2) is 10.1. The van der Waals surface area contributed by atoms with Crippen LogP contribution in [0, 0.1) is 5.82 Å². The highest BCUT2D eigenvalue weighted by Crippen LogP contribution is 2.16. The molecular formula is C14H19FO6. The number of hydrogen-bond donors (Lipinski definition) is 1. The molecule has 0 atom stereocenters. The van der Waals surface area contributed by atoms with Gasteiger partial charge in [-0.15, -0.1) is 0 Å². The molecule has 1 aromatic carbocycles. The molecule has 1 rings (SSSR count). The third kappa shape index (κ3) is 7.60. The lowest BCUT2D eigenvalue weighted by molar-refractivity contribution is 0.0179. The smallest absolute Gasteiger partial charge is 0.335 e. The van der Waals surface area contributed by atoms with E-state index in [1.165, 1.54) is 6.07 Å². The number of hydrogen-bond acceptors (Lipinski definition) is 5. The molecule has 0 radical (unpaired) electrons. The van der Waals surface area contributed by atoms with Gasteiger partial charge in [0.05, 0.1) is 38.6 Å². The molecule has 0 unspecified atom stereocenters. The Balaban J connectivity index is 2.17. The minimum Gasteiger partial charge on any atom is -0.491 e. The maximum atomic E-state index is 13.2. The fraction of sp³-hybridized carbons (Fsp3) is 0.500. The van der Waals surface area contributed by atoms with Crippen LogP contribution >= 0.6 is 0 Å². The van der Waals surface area contributed by atoms with Crippen molar-refractivity contribution < 1.29 is 33.2 Å². The number of methoxy groups -OCH3 is 1. The lowest BCUT2D eigenvalue weighted by Gasteiger charge is -2.08. The third-order valence-corrected chi connectivity index (χ3v) is 2.42. The lowest BCUT2D eigenvalue weighted by atomic mass is 10.2. The quantitative estimate of drug-likeness (QED) is 0.626. The Bertz CT molecular complexity index is 437. The van der Waals surface area contributed by atoms with Gasteiger partial charge in [-0.25, -0.2) is 9.18 Å². The lowest BCUT2D eigenvalue weighted by Crippen LogP contribution is -2.12. The van der Waals surface area contributed by atoms with Crippen molar-refractivity contribution in [2.45, 2.75) is 0 Å². The Labute approximate surface area is 122 Å². The summed E-state index contributed by atoms with van der Waals surface area (Å²) in [5, 5.41) is 8.79. The van der Waals surface area contributed by atoms with Gasteiger partial charge in [-0.05, 0) is 12.1 Å². The van der Waals surface area contributed by atoms with Crippen LogP contribution in [0.15, 0.2) is 18.2 Å². The van der Waals surface area contributed by atoms with Crippen LogP contribution < -0.4 is 4.74 Å². The largest absolute Gasteiger partial charge is 0.491 e. The summed E-state index contributed by atoms with van der Waals surface area (Å²) in [6, 6.07) is 3.32. The van der Waals surface area contributed by atoms with Crippen molar-refractivity contribution in [1.82, 2.24) is 0 Å². The zero-order valence-corrected chi connectivity index (χ0v) is 11.8. The minimum absolute atomic E-state index is 0.155. The van der Waals surface area contributed by atoms with Crippen molar-refractivity contribution in [2.24, 2.45) is 0 Å². The van der Waals surface area contributed by atoms with Gasteiger partial charge in [0.2, 0.25) is 0 Å². The summed E-state index contributed by atoms with van der Waals surface area (Å²) in [6.45, 7) is 2.41. The second-order valence-electron chi connectivity index (χ2n) is 4.05. The average molecular weight is 302 g/mol. The summed E-state index contributed by atoms with van der Waals surface area (Å²) in [5.74, 6) is -1.70. The summed E-state index contributed by atoms with van der Waals surface area (Å²) in [6.07, 6.45) is 0. The molecule has 0 saturated heterocycles. The van der Waals surface area contributed by atoms with Crippen LogP contribution in [0.3, 0.4) is 0 Å². The van der Waals surface area contributed by atoms with E-state index in [0.29, 0.717) is 33.0 Å². The molecule has 0 amide bonds. The standard InChI is InChI=1S/C14H19FO6/c1-18-2-3-19-4-5-20-6-7-21-13-9-11(14(16)17)8-12(15)10-13/h8-10H,2-7H2,1H3,(H,16,17). The highest BCUT2D eigenvalue weighted by molar-refractivity contribution is 5.88. The molecule has 0 aliphatic carbocycles. The van der Waals surface area contributed by atoms with Gasteiger partial charge < -0.3 is 24.1 Å². The molecule has 0 spiro atoms. The maximum absolute atomic E-state index is 13.2. The maximum Gasteiger partial charge on any atom is 0.335 e. The monoisotopic (exact) mass is 302 g/mol. The van der Waals surface area contributed by atoms with E-state index in [0.717, 1.165) is 12.1 Å². The highest BCUT2D eigenvalue weighted by atomic mass is 19.1. The van der Waals surface area contributed by atoms with E-state index in [1.807, 2.05) is 0 Å². The minimum atomic E-state index is -1.20. The van der Waals surface area contributed by atoms with Crippen LogP contribution in [0.1, 0.15) is 10.4 Å². The normalized spacial score (nSPS) is 10.6. The molecule has 6 nitrogen and oxygen atoms in total. The van der Waals surface area contributed by atoms with Crippen molar-refractivity contribution in [3.8, 4) is 5.75 Å². The molecule has 0 heterocycles. The average Bonchev–Trinajstić information content (AvgIpc) is 2.45. The molecule has 21 heavy (non-hydrogen) atoms. The first-order valence-corrected chi connectivity index (χ1v) is 6.44. The van der Waals surface area contributed by atoms with E-state index in [-0.39, 0.29) is 17.9 Å². The van der Waals surface area contributed by atoms with Crippen LogP contribution in [0.2, 0.25) is 0 Å². The molecule has 1 N–H and O–H groups in total. The first kappa shape index (κ1) is 17.4. The zero-order chi connectivity index (χ0) is 15.5. The van der Waals surface area contributed by atoms with Crippen LogP contribution in [0.25, 0.3) is 0 Å². The first-order chi connectivity index (χ1) is 10.1. The molecule has 0 aliphatic heterocycles. The number of carboxylic acids is 1. The summed E-state index contributed by atoms with van der Waals surface area (Å²) in [4.78, 5) is 10.8. The number of ether oxygens (including phenoxy) is 4. The van der Waals surface area contributed by atoms with Crippen LogP contribution in [0.4, 0.5) is 4.39 Å². The van der Waals surface area contributed by atoms with E-state index in [2.05, 4.69) is 0 Å². The first-order valence-electron chi connectivity index (χ1n) is 6.44. The van der Waals surface area contributed by atoms with Gasteiger partial charge in [-0.1, -0.05) is 0 Å². The summed E-state index contributed by atoms with van der Waals surface area (Å²) in [7, 11) is 1.60. The Morgan fingerprint density at radius 1 is 1.05 bits per heavy atom. The Morgan fingerprint density at radius 2 is 1.67 bits per heavy atom. The van der Waals surface area contributed by atoms with Crippen molar-refractivity contribution in [1.29, 1.82) is 0 Å². The van der Waals surface area contributed by atoms with E-state index in [4.69, 9.17) is 24.1 Å². The number of carboxylic acid groups (broad SMARTS) is 1. The van der Waals surface area contributed by atoms with Crippen LogP contribution in [-0.2, 0) is 14.2 Å².